The molecule has 1 amide bonds. The fourth-order valence-electron chi connectivity index (χ4n) is 1.66. The van der Waals surface area contributed by atoms with Gasteiger partial charge in [0, 0.05) is 23.5 Å². The Bertz CT molecular complexity index is 509. The number of sulfone groups is 1. The third-order valence-electron chi connectivity index (χ3n) is 2.57. The monoisotopic (exact) mass is 284 g/mol. The van der Waals surface area contributed by atoms with Crippen LogP contribution in [0.4, 0.5) is 11.4 Å². The molecule has 0 atom stereocenters. The summed E-state index contributed by atoms with van der Waals surface area (Å²) in [5.74, 6) is 0.0687. The van der Waals surface area contributed by atoms with Gasteiger partial charge in [0.15, 0.2) is 0 Å². The molecular formula is C13H20N2O3S. The van der Waals surface area contributed by atoms with Crippen LogP contribution in [0.5, 0.6) is 0 Å². The predicted octanol–water partition coefficient (Wildman–Crippen LogP) is 1.81. The van der Waals surface area contributed by atoms with Gasteiger partial charge in [0.25, 0.3) is 0 Å². The fraction of sp³-hybridized carbons (Fsp3) is 0.462. The van der Waals surface area contributed by atoms with Gasteiger partial charge in [-0.2, -0.15) is 0 Å². The van der Waals surface area contributed by atoms with E-state index < -0.39 is 9.84 Å². The highest BCUT2D eigenvalue weighted by molar-refractivity contribution is 7.91. The highest BCUT2D eigenvalue weighted by Gasteiger charge is 2.10. The van der Waals surface area contributed by atoms with Gasteiger partial charge in [-0.05, 0) is 37.1 Å². The largest absolute Gasteiger partial charge is 0.399 e. The summed E-state index contributed by atoms with van der Waals surface area (Å²) in [6.07, 6.45) is 1.16. The summed E-state index contributed by atoms with van der Waals surface area (Å²) >= 11 is 0. The van der Waals surface area contributed by atoms with Crippen LogP contribution in [0.1, 0.15) is 26.2 Å². The molecule has 0 aliphatic rings. The van der Waals surface area contributed by atoms with E-state index in [1.165, 1.54) is 0 Å². The second-order valence-corrected chi connectivity index (χ2v) is 6.73. The Morgan fingerprint density at radius 2 is 1.84 bits per heavy atom. The van der Waals surface area contributed by atoms with Crippen molar-refractivity contribution in [1.82, 2.24) is 0 Å². The molecule has 0 saturated heterocycles. The molecule has 5 nitrogen and oxygen atoms in total. The molecule has 6 heteroatoms. The smallest absolute Gasteiger partial charge is 0.224 e. The summed E-state index contributed by atoms with van der Waals surface area (Å²) in [5.41, 5.74) is 6.83. The number of hydrogen-bond acceptors (Lipinski definition) is 4. The van der Waals surface area contributed by atoms with Crippen molar-refractivity contribution in [1.29, 1.82) is 0 Å². The van der Waals surface area contributed by atoms with Crippen molar-refractivity contribution >= 4 is 27.1 Å². The lowest BCUT2D eigenvalue weighted by Crippen LogP contribution is -2.15. The highest BCUT2D eigenvalue weighted by atomic mass is 32.2. The van der Waals surface area contributed by atoms with Crippen molar-refractivity contribution in [3.63, 3.8) is 0 Å². The molecular weight excluding hydrogens is 264 g/mol. The van der Waals surface area contributed by atoms with Crippen LogP contribution in [0.25, 0.3) is 0 Å². The lowest BCUT2D eigenvalue weighted by Gasteiger charge is -2.06. The Balaban J connectivity index is 2.34. The quantitative estimate of drug-likeness (QED) is 0.747. The van der Waals surface area contributed by atoms with Crippen LogP contribution in [0, 0.1) is 0 Å². The molecule has 0 radical (unpaired) electrons. The number of benzene rings is 1. The van der Waals surface area contributed by atoms with E-state index in [-0.39, 0.29) is 23.8 Å². The van der Waals surface area contributed by atoms with E-state index in [1.54, 1.807) is 24.3 Å². The van der Waals surface area contributed by atoms with Gasteiger partial charge in [-0.25, -0.2) is 8.42 Å². The molecule has 106 valence electrons. The van der Waals surface area contributed by atoms with Crippen LogP contribution in [-0.4, -0.2) is 25.8 Å². The second-order valence-electron chi connectivity index (χ2n) is 4.43. The molecule has 0 aromatic heterocycles. The summed E-state index contributed by atoms with van der Waals surface area (Å²) in [4.78, 5) is 11.6. The minimum absolute atomic E-state index is 0.0655. The normalized spacial score (nSPS) is 11.2. The number of carbonyl (C=O) groups excluding carboxylic acids is 1. The first kappa shape index (κ1) is 15.5. The number of anilines is 2. The lowest BCUT2D eigenvalue weighted by molar-refractivity contribution is -0.116. The number of rotatable bonds is 7. The molecule has 1 rings (SSSR count). The van der Waals surface area contributed by atoms with Crippen molar-refractivity contribution in [2.75, 3.05) is 22.6 Å². The van der Waals surface area contributed by atoms with Crippen LogP contribution in [0.2, 0.25) is 0 Å². The number of nitrogens with one attached hydrogen (secondary N) is 1. The molecule has 0 heterocycles. The fourth-order valence-corrected chi connectivity index (χ4v) is 3.07. The minimum Gasteiger partial charge on any atom is -0.399 e. The molecule has 0 unspecified atom stereocenters. The molecule has 0 bridgehead atoms. The Labute approximate surface area is 114 Å². The standard InChI is InChI=1S/C13H20N2O3S/c1-2-9-19(17,18)10-3-4-13(16)15-12-7-5-11(14)6-8-12/h5-8H,2-4,9-10,14H2,1H3,(H,15,16). The highest BCUT2D eigenvalue weighted by Crippen LogP contribution is 2.11. The third kappa shape index (κ3) is 6.24. The SMILES string of the molecule is CCCS(=O)(=O)CCCC(=O)Nc1ccc(N)cc1. The van der Waals surface area contributed by atoms with Crippen molar-refractivity contribution in [2.24, 2.45) is 0 Å². The maximum atomic E-state index is 11.6. The van der Waals surface area contributed by atoms with Crippen molar-refractivity contribution in [3.8, 4) is 0 Å². The first-order valence-electron chi connectivity index (χ1n) is 6.29. The molecule has 1 aromatic carbocycles. The zero-order chi connectivity index (χ0) is 14.3. The van der Waals surface area contributed by atoms with Gasteiger partial charge >= 0.3 is 0 Å². The van der Waals surface area contributed by atoms with Crippen LogP contribution in [0.15, 0.2) is 24.3 Å². The first-order chi connectivity index (χ1) is 8.93. The Kier molecular flexibility index (Phi) is 5.82. The van der Waals surface area contributed by atoms with Gasteiger partial charge < -0.3 is 11.1 Å². The van der Waals surface area contributed by atoms with E-state index in [9.17, 15) is 13.2 Å². The third-order valence-corrected chi connectivity index (χ3v) is 4.51. The number of nitrogens with two attached hydrogens (primary N) is 1. The maximum Gasteiger partial charge on any atom is 0.224 e. The Hall–Kier alpha value is -1.56. The number of carbonyl (C=O) groups is 1. The van der Waals surface area contributed by atoms with Gasteiger partial charge in [0.2, 0.25) is 5.91 Å². The summed E-state index contributed by atoms with van der Waals surface area (Å²) in [6, 6.07) is 6.81. The van der Waals surface area contributed by atoms with E-state index in [2.05, 4.69) is 5.32 Å². The van der Waals surface area contributed by atoms with Crippen molar-refractivity contribution < 1.29 is 13.2 Å². The van der Waals surface area contributed by atoms with Crippen LogP contribution in [0.3, 0.4) is 0 Å². The van der Waals surface area contributed by atoms with Gasteiger partial charge in [-0.1, -0.05) is 6.92 Å². The van der Waals surface area contributed by atoms with Crippen LogP contribution in [-0.2, 0) is 14.6 Å². The molecule has 0 fully saturated rings. The van der Waals surface area contributed by atoms with Gasteiger partial charge in [0.05, 0.1) is 5.75 Å². The van der Waals surface area contributed by atoms with Gasteiger partial charge in [-0.3, -0.25) is 4.79 Å². The van der Waals surface area contributed by atoms with E-state index in [0.29, 0.717) is 24.2 Å². The molecule has 1 aromatic rings. The minimum atomic E-state index is -3.00. The molecule has 0 saturated carbocycles. The maximum absolute atomic E-state index is 11.6. The van der Waals surface area contributed by atoms with Crippen molar-refractivity contribution in [2.45, 2.75) is 26.2 Å². The van der Waals surface area contributed by atoms with Crippen LogP contribution >= 0.6 is 0 Å². The van der Waals surface area contributed by atoms with Gasteiger partial charge in [0.1, 0.15) is 9.84 Å². The Morgan fingerprint density at radius 3 is 2.42 bits per heavy atom. The second kappa shape index (κ2) is 7.13. The predicted molar refractivity (Wildman–Crippen MR) is 77.7 cm³/mol. The molecule has 0 aliphatic carbocycles. The zero-order valence-corrected chi connectivity index (χ0v) is 11.9. The average Bonchev–Trinajstić information content (AvgIpc) is 2.31. The molecule has 3 N–H and O–H groups in total. The van der Waals surface area contributed by atoms with Crippen molar-refractivity contribution in [3.05, 3.63) is 24.3 Å². The number of amides is 1. The van der Waals surface area contributed by atoms with E-state index in [4.69, 9.17) is 5.73 Å². The van der Waals surface area contributed by atoms with Gasteiger partial charge in [-0.15, -0.1) is 0 Å². The summed E-state index contributed by atoms with van der Waals surface area (Å²) in [5, 5.41) is 2.70. The Morgan fingerprint density at radius 1 is 1.21 bits per heavy atom. The van der Waals surface area contributed by atoms with E-state index in [0.717, 1.165) is 0 Å². The van der Waals surface area contributed by atoms with E-state index >= 15 is 0 Å². The summed E-state index contributed by atoms with van der Waals surface area (Å²) in [6.45, 7) is 1.82. The summed E-state index contributed by atoms with van der Waals surface area (Å²) in [7, 11) is -3.00. The zero-order valence-electron chi connectivity index (χ0n) is 11.1. The topological polar surface area (TPSA) is 89.3 Å². The summed E-state index contributed by atoms with van der Waals surface area (Å²) < 4.78 is 22.9. The first-order valence-corrected chi connectivity index (χ1v) is 8.11. The number of hydrogen-bond donors (Lipinski definition) is 2. The lowest BCUT2D eigenvalue weighted by atomic mass is 10.2. The van der Waals surface area contributed by atoms with E-state index in [1.807, 2.05) is 6.92 Å². The number of nitrogen functional groups attached to an aromatic ring is 1. The van der Waals surface area contributed by atoms with Crippen LogP contribution < -0.4 is 11.1 Å². The molecule has 0 spiro atoms. The molecule has 0 aliphatic heterocycles. The average molecular weight is 284 g/mol. The molecule has 19 heavy (non-hydrogen) atoms.